The number of ketones is 1. The maximum absolute atomic E-state index is 14.2. The minimum Gasteiger partial charge on any atom is -0.388 e. The van der Waals surface area contributed by atoms with E-state index in [-0.39, 0.29) is 29.3 Å². The number of rotatable bonds is 9. The maximum Gasteiger partial charge on any atom is 0.335 e. The lowest BCUT2D eigenvalue weighted by Crippen LogP contribution is -2.38. The van der Waals surface area contributed by atoms with Gasteiger partial charge in [0.1, 0.15) is 42.0 Å². The summed E-state index contributed by atoms with van der Waals surface area (Å²) in [5.74, 6) is -0.752. The monoisotopic (exact) mass is 556 g/mol. The van der Waals surface area contributed by atoms with Crippen molar-refractivity contribution in [1.82, 2.24) is 24.5 Å². The van der Waals surface area contributed by atoms with Gasteiger partial charge < -0.3 is 15.5 Å². The van der Waals surface area contributed by atoms with Gasteiger partial charge in [0.2, 0.25) is 5.78 Å². The largest absolute Gasteiger partial charge is 0.388 e. The van der Waals surface area contributed by atoms with E-state index in [1.807, 2.05) is 16.9 Å². The van der Waals surface area contributed by atoms with Crippen LogP contribution in [0.4, 0.5) is 10.2 Å². The van der Waals surface area contributed by atoms with Crippen molar-refractivity contribution in [3.05, 3.63) is 83.8 Å². The number of hydrogen-bond acceptors (Lipinski definition) is 10. The molecule has 0 bridgehead atoms. The van der Waals surface area contributed by atoms with Crippen molar-refractivity contribution in [3.63, 3.8) is 0 Å². The van der Waals surface area contributed by atoms with Gasteiger partial charge in [-0.05, 0) is 23.1 Å². The van der Waals surface area contributed by atoms with E-state index in [2.05, 4.69) is 20.4 Å². The Morgan fingerprint density at radius 2 is 1.92 bits per heavy atom. The third kappa shape index (κ3) is 5.51. The molecule has 4 atom stereocenters. The lowest BCUT2D eigenvalue weighted by Gasteiger charge is -2.19. The van der Waals surface area contributed by atoms with Crippen molar-refractivity contribution in [2.24, 2.45) is 0 Å². The van der Waals surface area contributed by atoms with E-state index in [4.69, 9.17) is 4.18 Å². The normalized spacial score (nSPS) is 21.3. The Morgan fingerprint density at radius 3 is 2.69 bits per heavy atom. The van der Waals surface area contributed by atoms with Gasteiger partial charge >= 0.3 is 10.3 Å². The maximum atomic E-state index is 14.2. The molecule has 0 unspecified atom stereocenters. The predicted molar refractivity (Wildman–Crippen MR) is 138 cm³/mol. The Labute approximate surface area is 222 Å². The van der Waals surface area contributed by atoms with Crippen molar-refractivity contribution in [2.75, 3.05) is 12.4 Å². The second-order valence-electron chi connectivity index (χ2n) is 9.03. The van der Waals surface area contributed by atoms with Crippen LogP contribution in [0.5, 0.6) is 0 Å². The van der Waals surface area contributed by atoms with Crippen molar-refractivity contribution >= 4 is 32.7 Å². The predicted octanol–water partition coefficient (Wildman–Crippen LogP) is 1.00. The summed E-state index contributed by atoms with van der Waals surface area (Å²) < 4.78 is 46.1. The van der Waals surface area contributed by atoms with Crippen LogP contribution >= 0.6 is 0 Å². The number of aromatic nitrogens is 4. The number of benzene rings is 2. The fraction of sp³-hybridized carbons (Fsp3) is 0.280. The summed E-state index contributed by atoms with van der Waals surface area (Å²) in [6.45, 7) is 0.299. The van der Waals surface area contributed by atoms with Gasteiger partial charge in [0.05, 0.1) is 18.2 Å². The smallest absolute Gasteiger partial charge is 0.335 e. The summed E-state index contributed by atoms with van der Waals surface area (Å²) in [7, 11) is -2.95. The molecule has 0 aliphatic heterocycles. The van der Waals surface area contributed by atoms with Crippen molar-refractivity contribution < 1.29 is 32.0 Å². The number of carbonyl (C=O) groups is 1. The lowest BCUT2D eigenvalue weighted by atomic mass is 10.0. The second kappa shape index (κ2) is 10.7. The molecule has 0 radical (unpaired) electrons. The van der Waals surface area contributed by atoms with E-state index in [1.165, 1.54) is 24.7 Å². The van der Waals surface area contributed by atoms with Crippen LogP contribution < -0.4 is 10.0 Å². The summed E-state index contributed by atoms with van der Waals surface area (Å²) in [5, 5.41) is 29.3. The molecule has 12 nitrogen and oxygen atoms in total. The Bertz CT molecular complexity index is 1630. The van der Waals surface area contributed by atoms with Crippen molar-refractivity contribution in [2.45, 2.75) is 37.3 Å². The van der Waals surface area contributed by atoms with E-state index in [0.717, 1.165) is 18.0 Å². The SMILES string of the molecule is CNS(=O)(=O)O[C@@H]1C[C@@H](Nc2ncncc2C(=O)c2ccn(Cc3ccc(F)c4ccccc34)n2)[C@H](O)[C@H]1O. The van der Waals surface area contributed by atoms with Gasteiger partial charge in [0.15, 0.2) is 0 Å². The molecule has 39 heavy (non-hydrogen) atoms. The van der Waals surface area contributed by atoms with Crippen LogP contribution in [0.1, 0.15) is 28.0 Å². The lowest BCUT2D eigenvalue weighted by molar-refractivity contribution is -0.00882. The van der Waals surface area contributed by atoms with Gasteiger partial charge in [0, 0.05) is 31.2 Å². The molecule has 4 aromatic rings. The zero-order chi connectivity index (χ0) is 27.7. The van der Waals surface area contributed by atoms with Gasteiger partial charge in [-0.2, -0.15) is 18.2 Å². The number of anilines is 1. The number of nitrogens with one attached hydrogen (secondary N) is 2. The first-order valence-electron chi connectivity index (χ1n) is 12.0. The summed E-state index contributed by atoms with van der Waals surface area (Å²) in [6.07, 6.45) is -0.0654. The summed E-state index contributed by atoms with van der Waals surface area (Å²) in [5.41, 5.74) is 0.988. The summed E-state index contributed by atoms with van der Waals surface area (Å²) >= 11 is 0. The Morgan fingerprint density at radius 1 is 1.15 bits per heavy atom. The van der Waals surface area contributed by atoms with Gasteiger partial charge in [-0.15, -0.1) is 0 Å². The quantitative estimate of drug-likeness (QED) is 0.218. The van der Waals surface area contributed by atoms with Crippen molar-refractivity contribution in [3.8, 4) is 0 Å². The molecule has 204 valence electrons. The molecule has 0 amide bonds. The number of aliphatic hydroxyl groups is 2. The molecular formula is C25H25FN6O6S. The molecule has 2 aromatic heterocycles. The molecular weight excluding hydrogens is 531 g/mol. The fourth-order valence-corrected chi connectivity index (χ4v) is 5.18. The number of nitrogens with zero attached hydrogens (tertiary/aromatic N) is 4. The van der Waals surface area contributed by atoms with E-state index >= 15 is 0 Å². The number of aliphatic hydroxyl groups excluding tert-OH is 2. The minimum atomic E-state index is -4.11. The first-order valence-corrected chi connectivity index (χ1v) is 13.4. The number of carbonyl (C=O) groups excluding carboxylic acids is 1. The Kier molecular flexibility index (Phi) is 7.38. The zero-order valence-corrected chi connectivity index (χ0v) is 21.4. The molecule has 14 heteroatoms. The van der Waals surface area contributed by atoms with Crippen LogP contribution in [0.25, 0.3) is 10.8 Å². The summed E-state index contributed by atoms with van der Waals surface area (Å²) in [4.78, 5) is 21.4. The highest BCUT2D eigenvalue weighted by Gasteiger charge is 2.44. The number of fused-ring (bicyclic) bond motifs is 1. The molecule has 1 fully saturated rings. The average Bonchev–Trinajstić information content (AvgIpc) is 3.50. The van der Waals surface area contributed by atoms with Crippen LogP contribution in [-0.4, -0.2) is 75.6 Å². The van der Waals surface area contributed by atoms with E-state index in [0.29, 0.717) is 11.9 Å². The van der Waals surface area contributed by atoms with Gasteiger partial charge in [-0.1, -0.05) is 30.3 Å². The molecule has 0 spiro atoms. The molecule has 2 aromatic carbocycles. The highest BCUT2D eigenvalue weighted by molar-refractivity contribution is 7.84. The van der Waals surface area contributed by atoms with Crippen LogP contribution in [0.2, 0.25) is 0 Å². The van der Waals surface area contributed by atoms with Crippen molar-refractivity contribution in [1.29, 1.82) is 0 Å². The minimum absolute atomic E-state index is 0.0592. The standard InChI is InChI=1S/C25H25FN6O6S/c1-27-39(36,37)38-21-10-20(23(34)24(21)35)30-25-17(11-28-13-29-25)22(33)19-8-9-32(31-19)12-14-6-7-18(26)16-5-3-2-4-15(14)16/h2-9,11,13,20-21,23-24,27,34-35H,10,12H2,1H3,(H,28,29,30)/t20-,21-,23+,24+/m1/s1. The average molecular weight is 557 g/mol. The van der Waals surface area contributed by atoms with Crippen LogP contribution in [0.3, 0.4) is 0 Å². The molecule has 0 saturated heterocycles. The first kappa shape index (κ1) is 26.8. The zero-order valence-electron chi connectivity index (χ0n) is 20.6. The Balaban J connectivity index is 1.34. The van der Waals surface area contributed by atoms with Crippen LogP contribution in [0, 0.1) is 5.82 Å². The van der Waals surface area contributed by atoms with Gasteiger partial charge in [-0.25, -0.2) is 14.4 Å². The van der Waals surface area contributed by atoms with Crippen LogP contribution in [-0.2, 0) is 21.0 Å². The molecule has 1 aliphatic rings. The van der Waals surface area contributed by atoms with E-state index < -0.39 is 40.4 Å². The van der Waals surface area contributed by atoms with Crippen LogP contribution in [0.15, 0.2) is 61.2 Å². The number of halogens is 1. The molecule has 2 heterocycles. The molecule has 1 aliphatic carbocycles. The third-order valence-electron chi connectivity index (χ3n) is 6.58. The highest BCUT2D eigenvalue weighted by atomic mass is 32.2. The highest BCUT2D eigenvalue weighted by Crippen LogP contribution is 2.28. The molecule has 5 rings (SSSR count). The topological polar surface area (TPSA) is 169 Å². The van der Waals surface area contributed by atoms with Gasteiger partial charge in [0.25, 0.3) is 0 Å². The van der Waals surface area contributed by atoms with E-state index in [1.54, 1.807) is 29.1 Å². The fourth-order valence-electron chi connectivity index (χ4n) is 4.57. The van der Waals surface area contributed by atoms with Gasteiger partial charge in [-0.3, -0.25) is 13.7 Å². The third-order valence-corrected chi connectivity index (χ3v) is 7.58. The number of hydrogen-bond donors (Lipinski definition) is 4. The molecule has 4 N–H and O–H groups in total. The van der Waals surface area contributed by atoms with E-state index in [9.17, 15) is 27.8 Å². The first-order chi connectivity index (χ1) is 18.7. The second-order valence-corrected chi connectivity index (χ2v) is 10.5. The summed E-state index contributed by atoms with van der Waals surface area (Å²) in [6, 6.07) is 10.8. The Hall–Kier alpha value is -3.82. The molecule has 1 saturated carbocycles.